The van der Waals surface area contributed by atoms with Gasteiger partial charge in [-0.2, -0.15) is 0 Å². The van der Waals surface area contributed by atoms with Crippen LogP contribution in [0, 0.1) is 10.1 Å². The number of ether oxygens (including phenoxy) is 1. The second-order valence-electron chi connectivity index (χ2n) is 3.53. The number of alkyl carbamates (subject to hydrolysis) is 1. The highest BCUT2D eigenvalue weighted by Gasteiger charge is 2.14. The third-order valence-electron chi connectivity index (χ3n) is 2.15. The maximum Gasteiger partial charge on any atom is 0.407 e. The summed E-state index contributed by atoms with van der Waals surface area (Å²) in [4.78, 5) is 21.0. The van der Waals surface area contributed by atoms with Crippen molar-refractivity contribution in [2.24, 2.45) is 0 Å². The summed E-state index contributed by atoms with van der Waals surface area (Å²) in [6.07, 6.45) is 2.58. The average molecular weight is 250 g/mol. The molecule has 18 heavy (non-hydrogen) atoms. The van der Waals surface area contributed by atoms with Crippen LogP contribution < -0.4 is 5.32 Å². The van der Waals surface area contributed by atoms with Gasteiger partial charge in [0, 0.05) is 4.92 Å². The molecule has 0 bridgehead atoms. The number of methoxy groups -OCH3 is 1. The van der Waals surface area contributed by atoms with Crippen LogP contribution in [0.4, 0.5) is 4.79 Å². The molecule has 0 fully saturated rings. The zero-order valence-electron chi connectivity index (χ0n) is 9.91. The molecule has 0 unspecified atom stereocenters. The van der Waals surface area contributed by atoms with E-state index in [-0.39, 0.29) is 0 Å². The molecule has 1 rings (SSSR count). The van der Waals surface area contributed by atoms with Crippen LogP contribution in [-0.2, 0) is 4.74 Å². The molecule has 0 saturated heterocycles. The van der Waals surface area contributed by atoms with Gasteiger partial charge in [0.05, 0.1) is 7.11 Å². The summed E-state index contributed by atoms with van der Waals surface area (Å²) in [6.45, 7) is -0.390. The smallest absolute Gasteiger partial charge is 0.407 e. The lowest BCUT2D eigenvalue weighted by Crippen LogP contribution is -2.38. The van der Waals surface area contributed by atoms with Crippen LogP contribution in [-0.4, -0.2) is 30.7 Å². The Kier molecular flexibility index (Phi) is 5.37. The highest BCUT2D eigenvalue weighted by molar-refractivity contribution is 5.68. The zero-order valence-corrected chi connectivity index (χ0v) is 9.91. The zero-order chi connectivity index (χ0) is 13.4. The van der Waals surface area contributed by atoms with Crippen LogP contribution in [0.15, 0.2) is 36.4 Å². The first-order valence-corrected chi connectivity index (χ1v) is 5.31. The van der Waals surface area contributed by atoms with E-state index in [9.17, 15) is 14.9 Å². The van der Waals surface area contributed by atoms with E-state index in [1.54, 1.807) is 12.2 Å². The van der Waals surface area contributed by atoms with Crippen molar-refractivity contribution >= 4 is 12.2 Å². The van der Waals surface area contributed by atoms with Crippen molar-refractivity contribution in [3.05, 3.63) is 52.1 Å². The van der Waals surface area contributed by atoms with E-state index in [2.05, 4.69) is 10.1 Å². The standard InChI is InChI=1S/C12H14N2O4/c1-18-12(15)13-11(9-14(16)17)8-7-10-5-3-2-4-6-10/h2-8,11H,9H2,1H3,(H,13,15)/t11-/m0/s1. The fraction of sp³-hybridized carbons (Fsp3) is 0.250. The van der Waals surface area contributed by atoms with E-state index >= 15 is 0 Å². The van der Waals surface area contributed by atoms with Crippen LogP contribution in [0.1, 0.15) is 5.56 Å². The van der Waals surface area contributed by atoms with E-state index in [0.29, 0.717) is 0 Å². The van der Waals surface area contributed by atoms with Gasteiger partial charge in [-0.25, -0.2) is 4.79 Å². The lowest BCUT2D eigenvalue weighted by molar-refractivity contribution is -0.481. The van der Waals surface area contributed by atoms with Gasteiger partial charge in [-0.05, 0) is 5.56 Å². The van der Waals surface area contributed by atoms with Gasteiger partial charge in [0.1, 0.15) is 6.04 Å². The van der Waals surface area contributed by atoms with E-state index in [1.807, 2.05) is 30.3 Å². The molecule has 0 heterocycles. The number of rotatable bonds is 5. The maximum atomic E-state index is 11.0. The normalized spacial score (nSPS) is 12.1. The molecule has 1 atom stereocenters. The predicted octanol–water partition coefficient (Wildman–Crippen LogP) is 1.70. The molecule has 1 aromatic rings. The fourth-order valence-corrected chi connectivity index (χ4v) is 1.32. The Hall–Kier alpha value is -2.37. The third kappa shape index (κ3) is 5.11. The Morgan fingerprint density at radius 1 is 1.50 bits per heavy atom. The summed E-state index contributed by atoms with van der Waals surface area (Å²) >= 11 is 0. The Bertz CT molecular complexity index is 431. The largest absolute Gasteiger partial charge is 0.453 e. The van der Waals surface area contributed by atoms with Crippen LogP contribution in [0.25, 0.3) is 6.08 Å². The van der Waals surface area contributed by atoms with Crippen LogP contribution >= 0.6 is 0 Å². The SMILES string of the molecule is COC(=O)N[C@@H](C=Cc1ccccc1)C[N+](=O)[O-]. The number of benzene rings is 1. The average Bonchev–Trinajstić information content (AvgIpc) is 2.36. The third-order valence-corrected chi connectivity index (χ3v) is 2.15. The van der Waals surface area contributed by atoms with Crippen molar-refractivity contribution in [2.75, 3.05) is 13.7 Å². The molecule has 6 heteroatoms. The number of amides is 1. The van der Waals surface area contributed by atoms with Crippen molar-refractivity contribution < 1.29 is 14.5 Å². The van der Waals surface area contributed by atoms with Gasteiger partial charge in [-0.1, -0.05) is 42.5 Å². The number of hydrogen-bond acceptors (Lipinski definition) is 4. The molecule has 96 valence electrons. The Balaban J connectivity index is 2.68. The minimum atomic E-state index is -0.701. The van der Waals surface area contributed by atoms with Crippen LogP contribution in [0.3, 0.4) is 0 Å². The van der Waals surface area contributed by atoms with Gasteiger partial charge in [0.25, 0.3) is 0 Å². The topological polar surface area (TPSA) is 81.5 Å². The lowest BCUT2D eigenvalue weighted by Gasteiger charge is -2.09. The lowest BCUT2D eigenvalue weighted by atomic mass is 10.2. The highest BCUT2D eigenvalue weighted by Crippen LogP contribution is 2.02. The maximum absolute atomic E-state index is 11.0. The number of nitrogens with one attached hydrogen (secondary N) is 1. The first-order valence-electron chi connectivity index (χ1n) is 5.31. The summed E-state index contributed by atoms with van der Waals surface area (Å²) in [5.74, 6) is 0. The van der Waals surface area contributed by atoms with Crippen molar-refractivity contribution in [2.45, 2.75) is 6.04 Å². The van der Waals surface area contributed by atoms with Gasteiger partial charge in [-0.15, -0.1) is 0 Å². The Morgan fingerprint density at radius 3 is 2.72 bits per heavy atom. The molecule has 0 aromatic heterocycles. The van der Waals surface area contributed by atoms with Gasteiger partial charge in [-0.3, -0.25) is 10.1 Å². The summed E-state index contributed by atoms with van der Waals surface area (Å²) < 4.78 is 4.41. The van der Waals surface area contributed by atoms with Crippen molar-refractivity contribution in [3.8, 4) is 0 Å². The summed E-state index contributed by atoms with van der Waals surface area (Å²) in [5, 5.41) is 12.8. The second-order valence-corrected chi connectivity index (χ2v) is 3.53. The molecule has 0 aliphatic carbocycles. The highest BCUT2D eigenvalue weighted by atomic mass is 16.6. The number of nitrogens with zero attached hydrogens (tertiary/aromatic N) is 1. The predicted molar refractivity (Wildman–Crippen MR) is 66.7 cm³/mol. The first kappa shape index (κ1) is 13.7. The molecule has 1 aromatic carbocycles. The minimum absolute atomic E-state index is 0.390. The monoisotopic (exact) mass is 250 g/mol. The van der Waals surface area contributed by atoms with E-state index < -0.39 is 23.6 Å². The molecule has 1 N–H and O–H groups in total. The quantitative estimate of drug-likeness (QED) is 0.637. The number of carbonyl (C=O) groups excluding carboxylic acids is 1. The Morgan fingerprint density at radius 2 is 2.17 bits per heavy atom. The molecule has 0 spiro atoms. The number of carbonyl (C=O) groups is 1. The molecule has 1 amide bonds. The molecule has 0 aliphatic heterocycles. The summed E-state index contributed by atoms with van der Waals surface area (Å²) in [6, 6.07) is 8.60. The number of hydrogen-bond donors (Lipinski definition) is 1. The first-order chi connectivity index (χ1) is 8.61. The van der Waals surface area contributed by atoms with Gasteiger partial charge < -0.3 is 10.1 Å². The van der Waals surface area contributed by atoms with Gasteiger partial charge >= 0.3 is 6.09 Å². The molecule has 6 nitrogen and oxygen atoms in total. The van der Waals surface area contributed by atoms with Gasteiger partial charge in [0.15, 0.2) is 0 Å². The minimum Gasteiger partial charge on any atom is -0.453 e. The second kappa shape index (κ2) is 7.05. The van der Waals surface area contributed by atoms with Crippen molar-refractivity contribution in [1.29, 1.82) is 0 Å². The van der Waals surface area contributed by atoms with Gasteiger partial charge in [0.2, 0.25) is 6.54 Å². The molecular formula is C12H14N2O4. The number of nitro groups is 1. The molecular weight excluding hydrogens is 236 g/mol. The fourth-order valence-electron chi connectivity index (χ4n) is 1.32. The summed E-state index contributed by atoms with van der Waals surface area (Å²) in [7, 11) is 1.21. The molecule has 0 aliphatic rings. The summed E-state index contributed by atoms with van der Waals surface area (Å²) in [5.41, 5.74) is 0.900. The van der Waals surface area contributed by atoms with Crippen LogP contribution in [0.5, 0.6) is 0 Å². The van der Waals surface area contributed by atoms with Crippen LogP contribution in [0.2, 0.25) is 0 Å². The van der Waals surface area contributed by atoms with E-state index in [4.69, 9.17) is 0 Å². The van der Waals surface area contributed by atoms with Crippen molar-refractivity contribution in [3.63, 3.8) is 0 Å². The van der Waals surface area contributed by atoms with Crippen molar-refractivity contribution in [1.82, 2.24) is 5.32 Å². The van der Waals surface area contributed by atoms with E-state index in [1.165, 1.54) is 7.11 Å². The molecule has 0 saturated carbocycles. The molecule has 0 radical (unpaired) electrons. The van der Waals surface area contributed by atoms with E-state index in [0.717, 1.165) is 5.56 Å². The Labute approximate surface area is 104 Å².